The summed E-state index contributed by atoms with van der Waals surface area (Å²) < 4.78 is 69.4. The molecule has 0 aromatic heterocycles. The molecular weight excluding hydrogens is 433 g/mol. The average molecular weight is 451 g/mol. The molecule has 0 spiro atoms. The lowest BCUT2D eigenvalue weighted by Crippen LogP contribution is -2.45. The minimum Gasteiger partial charge on any atom is -0.497 e. The first kappa shape index (κ1) is 22.8. The molecule has 1 N–H and O–H groups in total. The number of halogens is 4. The first-order valence-corrected chi connectivity index (χ1v) is 10.4. The van der Waals surface area contributed by atoms with E-state index in [0.29, 0.717) is 11.8 Å². The second kappa shape index (κ2) is 8.50. The Kier molecular flexibility index (Phi) is 6.69. The highest BCUT2D eigenvalue weighted by Crippen LogP contribution is 2.36. The molecule has 2 aromatic rings. The monoisotopic (exact) mass is 450 g/mol. The summed E-state index contributed by atoms with van der Waals surface area (Å²) in [5.41, 5.74) is -1.08. The van der Waals surface area contributed by atoms with Gasteiger partial charge in [-0.3, -0.25) is 9.10 Å². The van der Waals surface area contributed by atoms with Gasteiger partial charge >= 0.3 is 6.18 Å². The zero-order chi connectivity index (χ0) is 22.0. The van der Waals surface area contributed by atoms with Crippen LogP contribution in [0, 0.1) is 0 Å². The van der Waals surface area contributed by atoms with E-state index in [2.05, 4.69) is 5.32 Å². The van der Waals surface area contributed by atoms with Crippen molar-refractivity contribution in [3.05, 3.63) is 53.1 Å². The molecule has 29 heavy (non-hydrogen) atoms. The topological polar surface area (TPSA) is 75.7 Å². The molecule has 0 bridgehead atoms. The summed E-state index contributed by atoms with van der Waals surface area (Å²) in [7, 11) is -2.44. The molecule has 11 heteroatoms. The van der Waals surface area contributed by atoms with Crippen LogP contribution in [0.4, 0.5) is 24.5 Å². The van der Waals surface area contributed by atoms with Crippen molar-refractivity contribution >= 4 is 38.9 Å². The molecule has 0 aliphatic rings. The summed E-state index contributed by atoms with van der Waals surface area (Å²) >= 11 is 5.56. The normalized spacial score (nSPS) is 12.9. The van der Waals surface area contributed by atoms with Crippen molar-refractivity contribution in [2.24, 2.45) is 0 Å². The van der Waals surface area contributed by atoms with Crippen LogP contribution in [-0.4, -0.2) is 33.7 Å². The Morgan fingerprint density at radius 1 is 1.17 bits per heavy atom. The van der Waals surface area contributed by atoms with Crippen molar-refractivity contribution in [1.82, 2.24) is 0 Å². The highest BCUT2D eigenvalue weighted by atomic mass is 35.5. The van der Waals surface area contributed by atoms with Gasteiger partial charge < -0.3 is 10.1 Å². The van der Waals surface area contributed by atoms with Crippen LogP contribution in [0.5, 0.6) is 5.75 Å². The molecule has 0 saturated carbocycles. The summed E-state index contributed by atoms with van der Waals surface area (Å²) in [5, 5.41) is 1.78. The van der Waals surface area contributed by atoms with E-state index in [4.69, 9.17) is 16.3 Å². The van der Waals surface area contributed by atoms with Crippen LogP contribution in [0.15, 0.2) is 42.5 Å². The molecule has 1 atom stereocenters. The fourth-order valence-electron chi connectivity index (χ4n) is 2.60. The number of carbonyl (C=O) groups excluding carboxylic acids is 1. The van der Waals surface area contributed by atoms with Crippen molar-refractivity contribution in [1.29, 1.82) is 0 Å². The largest absolute Gasteiger partial charge is 0.497 e. The SMILES string of the molecule is COc1ccc(N(C(C)C(=O)Nc2ccc(Cl)c(C(F)(F)F)c2)S(C)(=O)=O)cc1. The number of benzene rings is 2. The minimum absolute atomic E-state index is 0.165. The Morgan fingerprint density at radius 2 is 1.76 bits per heavy atom. The van der Waals surface area contributed by atoms with Crippen molar-refractivity contribution in [3.8, 4) is 5.75 Å². The van der Waals surface area contributed by atoms with Gasteiger partial charge in [0.05, 0.1) is 29.6 Å². The van der Waals surface area contributed by atoms with Crippen molar-refractivity contribution in [2.75, 3.05) is 23.0 Å². The summed E-state index contributed by atoms with van der Waals surface area (Å²) in [6, 6.07) is 7.58. The maximum atomic E-state index is 13.0. The van der Waals surface area contributed by atoms with Gasteiger partial charge in [0.1, 0.15) is 11.8 Å². The molecule has 1 amide bonds. The molecule has 0 aliphatic carbocycles. The van der Waals surface area contributed by atoms with Crippen LogP contribution < -0.4 is 14.4 Å². The number of rotatable bonds is 6. The van der Waals surface area contributed by atoms with E-state index in [1.54, 1.807) is 0 Å². The van der Waals surface area contributed by atoms with Crippen LogP contribution in [0.1, 0.15) is 12.5 Å². The molecule has 0 radical (unpaired) electrons. The van der Waals surface area contributed by atoms with E-state index >= 15 is 0 Å². The van der Waals surface area contributed by atoms with Crippen LogP contribution in [0.3, 0.4) is 0 Å². The van der Waals surface area contributed by atoms with Gasteiger partial charge in [0, 0.05) is 5.69 Å². The molecule has 0 heterocycles. The third-order valence-corrected chi connectivity index (χ3v) is 5.53. The van der Waals surface area contributed by atoms with Crippen molar-refractivity contribution in [3.63, 3.8) is 0 Å². The fraction of sp³-hybridized carbons (Fsp3) is 0.278. The zero-order valence-electron chi connectivity index (χ0n) is 15.6. The minimum atomic E-state index is -4.70. The van der Waals surface area contributed by atoms with Crippen LogP contribution in [0.2, 0.25) is 5.02 Å². The van der Waals surface area contributed by atoms with Gasteiger partial charge in [0.25, 0.3) is 0 Å². The number of amides is 1. The van der Waals surface area contributed by atoms with E-state index in [0.717, 1.165) is 16.6 Å². The van der Waals surface area contributed by atoms with E-state index in [9.17, 15) is 26.4 Å². The number of anilines is 2. The van der Waals surface area contributed by atoms with Crippen LogP contribution in [-0.2, 0) is 21.0 Å². The smallest absolute Gasteiger partial charge is 0.417 e. The number of nitrogens with one attached hydrogen (secondary N) is 1. The molecular formula is C18H18ClF3N2O4S. The number of sulfonamides is 1. The third kappa shape index (κ3) is 5.54. The number of ether oxygens (including phenoxy) is 1. The average Bonchev–Trinajstić information content (AvgIpc) is 2.61. The summed E-state index contributed by atoms with van der Waals surface area (Å²) in [6.45, 7) is 1.32. The highest BCUT2D eigenvalue weighted by molar-refractivity contribution is 7.92. The number of nitrogens with zero attached hydrogens (tertiary/aromatic N) is 1. The molecule has 2 aromatic carbocycles. The van der Waals surface area contributed by atoms with Gasteiger partial charge in [-0.1, -0.05) is 11.6 Å². The second-order valence-corrected chi connectivity index (χ2v) is 8.38. The molecule has 158 valence electrons. The Bertz CT molecular complexity index is 995. The first-order valence-electron chi connectivity index (χ1n) is 8.15. The number of methoxy groups -OCH3 is 1. The van der Waals surface area contributed by atoms with Crippen molar-refractivity contribution in [2.45, 2.75) is 19.1 Å². The Balaban J connectivity index is 2.32. The number of alkyl halides is 3. The third-order valence-electron chi connectivity index (χ3n) is 3.95. The fourth-order valence-corrected chi connectivity index (χ4v) is 4.00. The second-order valence-electron chi connectivity index (χ2n) is 6.11. The van der Waals surface area contributed by atoms with Gasteiger partial charge in [-0.05, 0) is 49.4 Å². The van der Waals surface area contributed by atoms with Gasteiger partial charge in [0.15, 0.2) is 0 Å². The number of hydrogen-bond donors (Lipinski definition) is 1. The Hall–Kier alpha value is -2.46. The van der Waals surface area contributed by atoms with E-state index in [1.165, 1.54) is 44.4 Å². The van der Waals surface area contributed by atoms with Gasteiger partial charge in [-0.25, -0.2) is 8.42 Å². The van der Waals surface area contributed by atoms with Gasteiger partial charge in [0.2, 0.25) is 15.9 Å². The summed E-state index contributed by atoms with van der Waals surface area (Å²) in [5.74, 6) is -0.332. The van der Waals surface area contributed by atoms with Crippen molar-refractivity contribution < 1.29 is 31.1 Å². The Labute approximate surface area is 171 Å². The van der Waals surface area contributed by atoms with E-state index in [-0.39, 0.29) is 11.4 Å². The lowest BCUT2D eigenvalue weighted by atomic mass is 10.2. The lowest BCUT2D eigenvalue weighted by molar-refractivity contribution is -0.137. The quantitative estimate of drug-likeness (QED) is 0.717. The lowest BCUT2D eigenvalue weighted by Gasteiger charge is -2.28. The molecule has 0 fully saturated rings. The molecule has 6 nitrogen and oxygen atoms in total. The molecule has 0 aliphatic heterocycles. The van der Waals surface area contributed by atoms with E-state index < -0.39 is 38.7 Å². The maximum Gasteiger partial charge on any atom is 0.417 e. The summed E-state index contributed by atoms with van der Waals surface area (Å²) in [4.78, 5) is 12.6. The molecule has 0 saturated heterocycles. The highest BCUT2D eigenvalue weighted by Gasteiger charge is 2.34. The number of carbonyl (C=O) groups is 1. The molecule has 2 rings (SSSR count). The van der Waals surface area contributed by atoms with E-state index in [1.807, 2.05) is 0 Å². The van der Waals surface area contributed by atoms with Gasteiger partial charge in [-0.15, -0.1) is 0 Å². The number of hydrogen-bond acceptors (Lipinski definition) is 4. The molecule has 1 unspecified atom stereocenters. The maximum absolute atomic E-state index is 13.0. The Morgan fingerprint density at radius 3 is 2.24 bits per heavy atom. The zero-order valence-corrected chi connectivity index (χ0v) is 17.2. The first-order chi connectivity index (χ1) is 13.3. The standard InChI is InChI=1S/C18H18ClF3N2O4S/c1-11(24(29(3,26)27)13-5-7-14(28-2)8-6-13)17(25)23-12-4-9-16(19)15(10-12)18(20,21)22/h4-11H,1-3H3,(H,23,25). The predicted octanol–water partition coefficient (Wildman–Crippen LogP) is 4.16. The van der Waals surface area contributed by atoms with Gasteiger partial charge in [-0.2, -0.15) is 13.2 Å². The van der Waals surface area contributed by atoms with Crippen LogP contribution in [0.25, 0.3) is 0 Å². The van der Waals surface area contributed by atoms with Crippen LogP contribution >= 0.6 is 11.6 Å². The summed E-state index contributed by atoms with van der Waals surface area (Å²) in [6.07, 6.45) is -3.78. The predicted molar refractivity (Wildman–Crippen MR) is 105 cm³/mol.